The van der Waals surface area contributed by atoms with E-state index in [-0.39, 0.29) is 23.9 Å². The first-order chi connectivity index (χ1) is 13.0. The van der Waals surface area contributed by atoms with Crippen LogP contribution < -0.4 is 10.9 Å². The monoisotopic (exact) mass is 379 g/mol. The van der Waals surface area contributed by atoms with Crippen molar-refractivity contribution in [2.24, 2.45) is 0 Å². The predicted molar refractivity (Wildman–Crippen MR) is 106 cm³/mol. The Bertz CT molecular complexity index is 1200. The molecule has 0 fully saturated rings. The van der Waals surface area contributed by atoms with Gasteiger partial charge in [0.15, 0.2) is 0 Å². The van der Waals surface area contributed by atoms with Gasteiger partial charge in [-0.3, -0.25) is 9.59 Å². The lowest BCUT2D eigenvalue weighted by Crippen LogP contribution is -2.30. The van der Waals surface area contributed by atoms with Crippen molar-refractivity contribution in [2.75, 3.05) is 5.32 Å². The van der Waals surface area contributed by atoms with Crippen LogP contribution in [-0.4, -0.2) is 25.7 Å². The first-order valence-corrected chi connectivity index (χ1v) is 9.34. The predicted octanol–water partition coefficient (Wildman–Crippen LogP) is 3.16. The van der Waals surface area contributed by atoms with Crippen molar-refractivity contribution in [1.82, 2.24) is 19.7 Å². The van der Waals surface area contributed by atoms with Gasteiger partial charge in [-0.25, -0.2) is 14.6 Å². The van der Waals surface area contributed by atoms with E-state index >= 15 is 0 Å². The van der Waals surface area contributed by atoms with E-state index in [4.69, 9.17) is 0 Å². The molecule has 0 radical (unpaired) electrons. The lowest BCUT2D eigenvalue weighted by atomic mass is 10.0. The Morgan fingerprint density at radius 1 is 1.26 bits per heavy atom. The van der Waals surface area contributed by atoms with E-state index in [0.29, 0.717) is 10.5 Å². The minimum atomic E-state index is -0.363. The molecule has 136 valence electrons. The Balaban J connectivity index is 1.79. The van der Waals surface area contributed by atoms with E-state index in [1.165, 1.54) is 28.5 Å². The standard InChI is InChI=1S/C19H17N5O2S/c1-11(2)17-16-12-5-3-4-6-13(12)27-18(16)19(26)24(23-17)9-15(25)22-14-7-8-20-10-21-14/h3-8,10-11H,9H2,1-2H3,(H,20,21,22,25). The van der Waals surface area contributed by atoms with Gasteiger partial charge in [-0.15, -0.1) is 11.3 Å². The summed E-state index contributed by atoms with van der Waals surface area (Å²) >= 11 is 1.44. The van der Waals surface area contributed by atoms with Crippen molar-refractivity contribution in [3.8, 4) is 0 Å². The number of thiophene rings is 1. The van der Waals surface area contributed by atoms with E-state index in [9.17, 15) is 9.59 Å². The second kappa shape index (κ2) is 6.88. The highest BCUT2D eigenvalue weighted by atomic mass is 32.1. The zero-order valence-corrected chi connectivity index (χ0v) is 15.7. The van der Waals surface area contributed by atoms with Crippen molar-refractivity contribution in [3.63, 3.8) is 0 Å². The summed E-state index contributed by atoms with van der Waals surface area (Å²) in [6.07, 6.45) is 2.88. The smallest absolute Gasteiger partial charge is 0.285 e. The highest BCUT2D eigenvalue weighted by Gasteiger charge is 2.19. The topological polar surface area (TPSA) is 89.8 Å². The van der Waals surface area contributed by atoms with Crippen LogP contribution in [0.3, 0.4) is 0 Å². The molecular weight excluding hydrogens is 362 g/mol. The third-order valence-corrected chi connectivity index (χ3v) is 5.36. The van der Waals surface area contributed by atoms with E-state index in [2.05, 4.69) is 20.4 Å². The second-order valence-corrected chi connectivity index (χ2v) is 7.50. The molecule has 1 N–H and O–H groups in total. The average Bonchev–Trinajstić information content (AvgIpc) is 3.04. The van der Waals surface area contributed by atoms with E-state index in [1.54, 1.807) is 6.07 Å². The van der Waals surface area contributed by atoms with E-state index in [0.717, 1.165) is 21.2 Å². The number of nitrogens with zero attached hydrogens (tertiary/aromatic N) is 4. The SMILES string of the molecule is CC(C)c1nn(CC(=O)Nc2ccncn2)c(=O)c2sc3ccccc3c12. The molecule has 1 aromatic carbocycles. The van der Waals surface area contributed by atoms with Gasteiger partial charge in [0, 0.05) is 21.7 Å². The number of hydrogen-bond acceptors (Lipinski definition) is 6. The molecule has 0 saturated heterocycles. The Labute approximate surface area is 158 Å². The lowest BCUT2D eigenvalue weighted by molar-refractivity contribution is -0.117. The summed E-state index contributed by atoms with van der Waals surface area (Å²) in [5.74, 6) is 0.135. The van der Waals surface area contributed by atoms with Crippen molar-refractivity contribution >= 4 is 43.2 Å². The summed E-state index contributed by atoms with van der Waals surface area (Å²) < 4.78 is 2.91. The number of hydrogen-bond donors (Lipinski definition) is 1. The molecule has 7 nitrogen and oxygen atoms in total. The number of carbonyl (C=O) groups is 1. The van der Waals surface area contributed by atoms with Crippen LogP contribution in [0.5, 0.6) is 0 Å². The molecule has 8 heteroatoms. The first kappa shape index (κ1) is 17.3. The fourth-order valence-electron chi connectivity index (χ4n) is 2.99. The van der Waals surface area contributed by atoms with Crippen LogP contribution >= 0.6 is 11.3 Å². The van der Waals surface area contributed by atoms with Crippen LogP contribution in [-0.2, 0) is 11.3 Å². The Morgan fingerprint density at radius 3 is 2.81 bits per heavy atom. The molecule has 3 heterocycles. The molecule has 1 amide bonds. The number of carbonyl (C=O) groups excluding carboxylic acids is 1. The van der Waals surface area contributed by atoms with Crippen LogP contribution in [0, 0.1) is 0 Å². The number of benzene rings is 1. The van der Waals surface area contributed by atoms with Gasteiger partial charge < -0.3 is 5.32 Å². The number of aromatic nitrogens is 4. The molecule has 0 aliphatic heterocycles. The normalized spacial score (nSPS) is 11.4. The molecule has 0 aliphatic rings. The minimum Gasteiger partial charge on any atom is -0.309 e. The number of fused-ring (bicyclic) bond motifs is 3. The molecular formula is C19H17N5O2S. The van der Waals surface area contributed by atoms with Crippen LogP contribution in [0.1, 0.15) is 25.5 Å². The molecule has 0 atom stereocenters. The largest absolute Gasteiger partial charge is 0.309 e. The molecule has 4 aromatic rings. The highest BCUT2D eigenvalue weighted by molar-refractivity contribution is 7.25. The van der Waals surface area contributed by atoms with Gasteiger partial charge in [-0.2, -0.15) is 5.10 Å². The highest BCUT2D eigenvalue weighted by Crippen LogP contribution is 2.35. The quantitative estimate of drug-likeness (QED) is 0.588. The summed E-state index contributed by atoms with van der Waals surface area (Å²) in [4.78, 5) is 33.1. The molecule has 3 aromatic heterocycles. The van der Waals surface area contributed by atoms with Gasteiger partial charge in [0.25, 0.3) is 5.56 Å². The maximum Gasteiger partial charge on any atom is 0.285 e. The maximum absolute atomic E-state index is 13.0. The van der Waals surface area contributed by atoms with E-state index in [1.807, 2.05) is 38.1 Å². The summed E-state index contributed by atoms with van der Waals surface area (Å²) in [6.45, 7) is 3.89. The fraction of sp³-hybridized carbons (Fsp3) is 0.211. The average molecular weight is 379 g/mol. The first-order valence-electron chi connectivity index (χ1n) is 8.52. The number of rotatable bonds is 4. The molecule has 0 spiro atoms. The number of nitrogens with one attached hydrogen (secondary N) is 1. The van der Waals surface area contributed by atoms with Crippen LogP contribution in [0.15, 0.2) is 47.7 Å². The summed E-state index contributed by atoms with van der Waals surface area (Å²) in [5, 5.41) is 9.10. The van der Waals surface area contributed by atoms with Crippen molar-refractivity contribution in [3.05, 3.63) is 58.9 Å². The van der Waals surface area contributed by atoms with Gasteiger partial charge >= 0.3 is 0 Å². The third-order valence-electron chi connectivity index (χ3n) is 4.20. The molecule has 4 rings (SSSR count). The number of anilines is 1. The van der Waals surface area contributed by atoms with Gasteiger partial charge in [-0.05, 0) is 18.1 Å². The zero-order chi connectivity index (χ0) is 19.0. The van der Waals surface area contributed by atoms with Crippen molar-refractivity contribution in [2.45, 2.75) is 26.3 Å². The minimum absolute atomic E-state index is 0.113. The Kier molecular flexibility index (Phi) is 4.41. The Morgan fingerprint density at radius 2 is 2.07 bits per heavy atom. The molecule has 0 saturated carbocycles. The summed E-state index contributed by atoms with van der Waals surface area (Å²) in [7, 11) is 0. The summed E-state index contributed by atoms with van der Waals surface area (Å²) in [6, 6.07) is 9.50. The second-order valence-electron chi connectivity index (χ2n) is 6.45. The van der Waals surface area contributed by atoms with Crippen molar-refractivity contribution in [1.29, 1.82) is 0 Å². The molecule has 27 heavy (non-hydrogen) atoms. The fourth-order valence-corrected chi connectivity index (χ4v) is 4.14. The lowest BCUT2D eigenvalue weighted by Gasteiger charge is -2.11. The van der Waals surface area contributed by atoms with Gasteiger partial charge in [-0.1, -0.05) is 32.0 Å². The molecule has 0 aliphatic carbocycles. The van der Waals surface area contributed by atoms with Crippen LogP contribution in [0.4, 0.5) is 5.82 Å². The van der Waals surface area contributed by atoms with Crippen LogP contribution in [0.25, 0.3) is 20.2 Å². The number of amides is 1. The molecule has 0 bridgehead atoms. The van der Waals surface area contributed by atoms with E-state index < -0.39 is 0 Å². The van der Waals surface area contributed by atoms with Gasteiger partial charge in [0.1, 0.15) is 23.4 Å². The zero-order valence-electron chi connectivity index (χ0n) is 14.8. The van der Waals surface area contributed by atoms with Gasteiger partial charge in [0.05, 0.1) is 5.69 Å². The van der Waals surface area contributed by atoms with Crippen LogP contribution in [0.2, 0.25) is 0 Å². The van der Waals surface area contributed by atoms with Crippen molar-refractivity contribution < 1.29 is 4.79 Å². The summed E-state index contributed by atoms with van der Waals surface area (Å²) in [5.41, 5.74) is 0.560. The Hall–Kier alpha value is -3.13. The molecule has 0 unspecified atom stereocenters. The van der Waals surface area contributed by atoms with Gasteiger partial charge in [0.2, 0.25) is 5.91 Å². The maximum atomic E-state index is 13.0. The third kappa shape index (κ3) is 3.19.